The molecule has 0 aliphatic carbocycles. The van der Waals surface area contributed by atoms with E-state index in [4.69, 9.17) is 19.6 Å². The van der Waals surface area contributed by atoms with Gasteiger partial charge in [0.05, 0.1) is 25.5 Å². The van der Waals surface area contributed by atoms with E-state index in [-0.39, 0.29) is 5.56 Å². The van der Waals surface area contributed by atoms with Gasteiger partial charge in [-0.25, -0.2) is 9.78 Å². The maximum Gasteiger partial charge on any atom is 0.335 e. The van der Waals surface area contributed by atoms with E-state index in [0.717, 1.165) is 32.1 Å². The van der Waals surface area contributed by atoms with Crippen molar-refractivity contribution in [3.8, 4) is 22.1 Å². The number of thiazole rings is 1. The van der Waals surface area contributed by atoms with Crippen LogP contribution in [-0.4, -0.2) is 30.3 Å². The summed E-state index contributed by atoms with van der Waals surface area (Å²) in [5, 5.41) is 14.9. The molecule has 0 amide bonds. The smallest absolute Gasteiger partial charge is 0.335 e. The Bertz CT molecular complexity index is 1220. The lowest BCUT2D eigenvalue weighted by atomic mass is 10.0. The fourth-order valence-electron chi connectivity index (χ4n) is 3.08. The molecule has 0 unspecified atom stereocenters. The number of aromatic carboxylic acids is 1. The number of hydrogen-bond acceptors (Lipinski definition) is 7. The first kappa shape index (κ1) is 20.1. The van der Waals surface area contributed by atoms with Crippen molar-refractivity contribution in [2.24, 2.45) is 0 Å². The fraction of sp³-hybridized carbons (Fsp3) is 0.0909. The molecule has 0 aliphatic heterocycles. The zero-order chi connectivity index (χ0) is 21.1. The Morgan fingerprint density at radius 2 is 1.80 bits per heavy atom. The van der Waals surface area contributed by atoms with E-state index in [2.05, 4.69) is 10.8 Å². The molecule has 30 heavy (non-hydrogen) atoms. The van der Waals surface area contributed by atoms with E-state index in [9.17, 15) is 4.79 Å². The Labute approximate surface area is 181 Å². The number of hydrogen-bond donors (Lipinski definition) is 2. The van der Waals surface area contributed by atoms with Crippen LogP contribution in [0.4, 0.5) is 5.69 Å². The molecule has 0 spiro atoms. The van der Waals surface area contributed by atoms with Crippen molar-refractivity contribution in [1.29, 1.82) is 0 Å². The summed E-state index contributed by atoms with van der Waals surface area (Å²) >= 11 is 2.90. The van der Waals surface area contributed by atoms with Crippen molar-refractivity contribution in [3.63, 3.8) is 0 Å². The minimum atomic E-state index is -0.997. The normalized spacial score (nSPS) is 10.7. The number of ether oxygens (including phenoxy) is 2. The van der Waals surface area contributed by atoms with Gasteiger partial charge < -0.3 is 19.3 Å². The lowest BCUT2D eigenvalue weighted by Gasteiger charge is -2.10. The van der Waals surface area contributed by atoms with Crippen molar-refractivity contribution >= 4 is 45.7 Å². The minimum absolute atomic E-state index is 0.171. The van der Waals surface area contributed by atoms with Gasteiger partial charge in [0.2, 0.25) is 0 Å². The minimum Gasteiger partial charge on any atom is -0.496 e. The number of anilines is 1. The molecule has 0 bridgehead atoms. The highest BCUT2D eigenvalue weighted by molar-refractivity contribution is 8.00. The first-order valence-corrected chi connectivity index (χ1v) is 10.7. The van der Waals surface area contributed by atoms with Gasteiger partial charge in [0.1, 0.15) is 21.5 Å². The Morgan fingerprint density at radius 1 is 1.03 bits per heavy atom. The molecule has 152 valence electrons. The number of carboxylic acids is 1. The van der Waals surface area contributed by atoms with Gasteiger partial charge in [-0.3, -0.25) is 0 Å². The standard InChI is InChI=1S/C22H18N2O4S2/c1-27-18-10-8-16(14-5-3-4-6-15(14)18)21-23-20(12-29-21)30-24-17-9-7-13(22(25)26)11-19(17)28-2/h3-12,24H,1-2H3,(H,25,26). The first-order chi connectivity index (χ1) is 14.6. The van der Waals surface area contributed by atoms with Gasteiger partial charge in [0, 0.05) is 28.3 Å². The highest BCUT2D eigenvalue weighted by atomic mass is 32.2. The van der Waals surface area contributed by atoms with E-state index in [0.29, 0.717) is 11.4 Å². The molecule has 0 radical (unpaired) electrons. The summed E-state index contributed by atoms with van der Waals surface area (Å²) in [6.07, 6.45) is 0. The second kappa shape index (κ2) is 8.64. The Kier molecular flexibility index (Phi) is 5.78. The molecular weight excluding hydrogens is 420 g/mol. The summed E-state index contributed by atoms with van der Waals surface area (Å²) < 4.78 is 14.0. The van der Waals surface area contributed by atoms with Gasteiger partial charge in [-0.2, -0.15) is 0 Å². The van der Waals surface area contributed by atoms with Crippen LogP contribution >= 0.6 is 23.3 Å². The van der Waals surface area contributed by atoms with Gasteiger partial charge in [-0.15, -0.1) is 11.3 Å². The van der Waals surface area contributed by atoms with Crippen LogP contribution in [0.1, 0.15) is 10.4 Å². The largest absolute Gasteiger partial charge is 0.496 e. The highest BCUT2D eigenvalue weighted by Crippen LogP contribution is 2.37. The summed E-state index contributed by atoms with van der Waals surface area (Å²) in [4.78, 5) is 15.9. The second-order valence-electron chi connectivity index (χ2n) is 6.28. The number of fused-ring (bicyclic) bond motifs is 1. The van der Waals surface area contributed by atoms with Gasteiger partial charge in [-0.05, 0) is 35.7 Å². The van der Waals surface area contributed by atoms with E-state index < -0.39 is 5.97 Å². The molecular formula is C22H18N2O4S2. The summed E-state index contributed by atoms with van der Waals surface area (Å²) in [5.74, 6) is 0.293. The lowest BCUT2D eigenvalue weighted by Crippen LogP contribution is -1.99. The van der Waals surface area contributed by atoms with Crippen LogP contribution in [0.5, 0.6) is 11.5 Å². The maximum atomic E-state index is 11.1. The highest BCUT2D eigenvalue weighted by Gasteiger charge is 2.13. The topological polar surface area (TPSA) is 80.7 Å². The molecule has 4 aromatic rings. The molecule has 1 aromatic heterocycles. The number of nitrogens with zero attached hydrogens (tertiary/aromatic N) is 1. The monoisotopic (exact) mass is 438 g/mol. The molecule has 0 saturated heterocycles. The third-order valence-electron chi connectivity index (χ3n) is 4.53. The van der Waals surface area contributed by atoms with Crippen LogP contribution in [0.3, 0.4) is 0 Å². The quantitative estimate of drug-likeness (QED) is 0.353. The number of benzene rings is 3. The molecule has 4 rings (SSSR count). The maximum absolute atomic E-state index is 11.1. The molecule has 8 heteroatoms. The number of aromatic nitrogens is 1. The third kappa shape index (κ3) is 3.92. The van der Waals surface area contributed by atoms with Crippen LogP contribution in [0, 0.1) is 0 Å². The molecule has 0 atom stereocenters. The summed E-state index contributed by atoms with van der Waals surface area (Å²) in [5.41, 5.74) is 1.90. The number of rotatable bonds is 7. The summed E-state index contributed by atoms with van der Waals surface area (Å²) in [6.45, 7) is 0. The summed E-state index contributed by atoms with van der Waals surface area (Å²) in [7, 11) is 3.18. The van der Waals surface area contributed by atoms with Crippen LogP contribution < -0.4 is 14.2 Å². The van der Waals surface area contributed by atoms with Gasteiger partial charge in [-0.1, -0.05) is 24.3 Å². The predicted molar refractivity (Wildman–Crippen MR) is 121 cm³/mol. The van der Waals surface area contributed by atoms with E-state index in [1.54, 1.807) is 24.5 Å². The Hall–Kier alpha value is -3.23. The molecule has 0 aliphatic rings. The van der Waals surface area contributed by atoms with Crippen LogP contribution in [0.25, 0.3) is 21.3 Å². The zero-order valence-electron chi connectivity index (χ0n) is 16.2. The molecule has 0 fully saturated rings. The van der Waals surface area contributed by atoms with Gasteiger partial charge in [0.15, 0.2) is 0 Å². The third-order valence-corrected chi connectivity index (χ3v) is 6.30. The fourth-order valence-corrected chi connectivity index (χ4v) is 4.72. The molecule has 3 aromatic carbocycles. The van der Waals surface area contributed by atoms with E-state index in [1.807, 2.05) is 35.7 Å². The van der Waals surface area contributed by atoms with Crippen molar-refractivity contribution < 1.29 is 19.4 Å². The van der Waals surface area contributed by atoms with Gasteiger partial charge in [0.25, 0.3) is 0 Å². The lowest BCUT2D eigenvalue weighted by molar-refractivity contribution is 0.0696. The van der Waals surface area contributed by atoms with Crippen molar-refractivity contribution in [3.05, 3.63) is 65.5 Å². The van der Waals surface area contributed by atoms with E-state index in [1.165, 1.54) is 31.2 Å². The van der Waals surface area contributed by atoms with Crippen molar-refractivity contribution in [1.82, 2.24) is 4.98 Å². The van der Waals surface area contributed by atoms with Crippen molar-refractivity contribution in [2.75, 3.05) is 18.9 Å². The molecule has 0 saturated carbocycles. The molecule has 1 heterocycles. The van der Waals surface area contributed by atoms with Crippen LogP contribution in [0.15, 0.2) is 65.0 Å². The molecule has 2 N–H and O–H groups in total. The summed E-state index contributed by atoms with van der Waals surface area (Å²) in [6, 6.07) is 16.8. The predicted octanol–water partition coefficient (Wildman–Crippen LogP) is 5.80. The van der Waals surface area contributed by atoms with Crippen LogP contribution in [0.2, 0.25) is 0 Å². The average Bonchev–Trinajstić information content (AvgIpc) is 3.25. The average molecular weight is 439 g/mol. The Balaban J connectivity index is 1.58. The van der Waals surface area contributed by atoms with E-state index >= 15 is 0 Å². The number of carboxylic acid groups (broad SMARTS) is 1. The van der Waals surface area contributed by atoms with Gasteiger partial charge >= 0.3 is 5.97 Å². The number of nitrogens with one attached hydrogen (secondary N) is 1. The molecule has 6 nitrogen and oxygen atoms in total. The zero-order valence-corrected chi connectivity index (χ0v) is 17.8. The SMILES string of the molecule is COc1cc(C(=O)O)ccc1NSc1csc(-c2ccc(OC)c3ccccc23)n1. The Morgan fingerprint density at radius 3 is 2.53 bits per heavy atom. The number of methoxy groups -OCH3 is 2. The number of carbonyl (C=O) groups is 1. The first-order valence-electron chi connectivity index (χ1n) is 8.96. The second-order valence-corrected chi connectivity index (χ2v) is 7.96. The van der Waals surface area contributed by atoms with Crippen molar-refractivity contribution in [2.45, 2.75) is 5.03 Å². The van der Waals surface area contributed by atoms with Crippen LogP contribution in [-0.2, 0) is 0 Å².